The van der Waals surface area contributed by atoms with Crippen LogP contribution in [0.4, 0.5) is 24.8 Å². The third-order valence-electron chi connectivity index (χ3n) is 2.74. The van der Waals surface area contributed by atoms with E-state index in [0.717, 1.165) is 18.6 Å². The van der Waals surface area contributed by atoms with E-state index in [0.29, 0.717) is 6.42 Å². The number of nitrogens with one attached hydrogen (secondary N) is 2. The lowest BCUT2D eigenvalue weighted by molar-refractivity contribution is -0.137. The van der Waals surface area contributed by atoms with Crippen molar-refractivity contribution >= 4 is 11.6 Å². The first-order valence-corrected chi connectivity index (χ1v) is 6.20. The number of halogens is 3. The van der Waals surface area contributed by atoms with Gasteiger partial charge in [0, 0.05) is 6.54 Å². The molecule has 0 aliphatic carbocycles. The van der Waals surface area contributed by atoms with Crippen molar-refractivity contribution in [2.75, 3.05) is 17.3 Å². The van der Waals surface area contributed by atoms with Crippen molar-refractivity contribution in [2.45, 2.75) is 38.5 Å². The monoisotopic (exact) mass is 292 g/mol. The second-order valence-electron chi connectivity index (χ2n) is 4.87. The summed E-state index contributed by atoms with van der Waals surface area (Å²) in [6.45, 7) is 3.62. The number of alkyl halides is 3. The summed E-state index contributed by atoms with van der Waals surface area (Å²) >= 11 is 0. The molecule has 114 valence electrons. The minimum Gasteiger partial charge on any atom is -0.388 e. The second-order valence-corrected chi connectivity index (χ2v) is 4.87. The summed E-state index contributed by atoms with van der Waals surface area (Å²) in [6.07, 6.45) is -3.20. The maximum Gasteiger partial charge on any atom is 0.416 e. The highest BCUT2D eigenvalue weighted by molar-refractivity contribution is 5.49. The average Bonchev–Trinajstić information content (AvgIpc) is 2.35. The van der Waals surface area contributed by atoms with E-state index in [1.165, 1.54) is 0 Å². The molecule has 1 heterocycles. The van der Waals surface area contributed by atoms with Crippen LogP contribution in [0.2, 0.25) is 0 Å². The van der Waals surface area contributed by atoms with Crippen LogP contribution in [0.25, 0.3) is 0 Å². The number of nitrogens with zero attached hydrogens (tertiary/aromatic N) is 1. The standard InChI is InChI=1S/C12H19F3N4O/c1-3-4-11(2,20)7-17-9-5-8(12(13,14)15)6-10(18-9)19-16/h5-6,20H,3-4,7,16H2,1-2H3,(H2,17,18,19). The van der Waals surface area contributed by atoms with Crippen LogP contribution in [-0.4, -0.2) is 22.2 Å². The van der Waals surface area contributed by atoms with Crippen molar-refractivity contribution in [1.29, 1.82) is 0 Å². The molecule has 8 heteroatoms. The third-order valence-corrected chi connectivity index (χ3v) is 2.74. The van der Waals surface area contributed by atoms with Crippen LogP contribution in [0.5, 0.6) is 0 Å². The van der Waals surface area contributed by atoms with Crippen molar-refractivity contribution in [3.05, 3.63) is 17.7 Å². The molecular formula is C12H19F3N4O. The van der Waals surface area contributed by atoms with Crippen LogP contribution >= 0.6 is 0 Å². The highest BCUT2D eigenvalue weighted by Crippen LogP contribution is 2.32. The summed E-state index contributed by atoms with van der Waals surface area (Å²) in [5.74, 6) is 5.01. The van der Waals surface area contributed by atoms with Gasteiger partial charge in [0.25, 0.3) is 0 Å². The fourth-order valence-electron chi connectivity index (χ4n) is 1.77. The molecule has 0 amide bonds. The number of aliphatic hydroxyl groups is 1. The summed E-state index contributed by atoms with van der Waals surface area (Å²) in [6, 6.07) is 1.69. The Hall–Kier alpha value is -1.54. The molecule has 0 spiro atoms. The van der Waals surface area contributed by atoms with E-state index in [2.05, 4.69) is 15.7 Å². The molecule has 1 aromatic heterocycles. The number of aromatic nitrogens is 1. The number of anilines is 2. The Kier molecular flexibility index (Phi) is 5.18. The van der Waals surface area contributed by atoms with Crippen LogP contribution in [-0.2, 0) is 6.18 Å². The first-order valence-electron chi connectivity index (χ1n) is 6.20. The Morgan fingerprint density at radius 3 is 2.40 bits per heavy atom. The molecule has 5 nitrogen and oxygen atoms in total. The van der Waals surface area contributed by atoms with E-state index >= 15 is 0 Å². The highest BCUT2D eigenvalue weighted by Gasteiger charge is 2.32. The molecule has 1 atom stereocenters. The molecule has 1 rings (SSSR count). The number of pyridine rings is 1. The zero-order chi connectivity index (χ0) is 15.4. The van der Waals surface area contributed by atoms with Gasteiger partial charge in [-0.15, -0.1) is 0 Å². The van der Waals surface area contributed by atoms with E-state index in [9.17, 15) is 18.3 Å². The maximum absolute atomic E-state index is 12.7. The fourth-order valence-corrected chi connectivity index (χ4v) is 1.77. The van der Waals surface area contributed by atoms with Gasteiger partial charge in [-0.1, -0.05) is 13.3 Å². The van der Waals surface area contributed by atoms with Crippen molar-refractivity contribution in [2.24, 2.45) is 5.84 Å². The molecule has 0 fully saturated rings. The van der Waals surface area contributed by atoms with E-state index in [4.69, 9.17) is 5.84 Å². The molecule has 0 aliphatic heterocycles. The number of hydrogen-bond acceptors (Lipinski definition) is 5. The van der Waals surface area contributed by atoms with E-state index < -0.39 is 17.3 Å². The van der Waals surface area contributed by atoms with Crippen molar-refractivity contribution in [3.63, 3.8) is 0 Å². The summed E-state index contributed by atoms with van der Waals surface area (Å²) in [7, 11) is 0. The molecule has 0 saturated carbocycles. The molecular weight excluding hydrogens is 273 g/mol. The number of hydrogen-bond donors (Lipinski definition) is 4. The normalized spacial score (nSPS) is 14.8. The van der Waals surface area contributed by atoms with Crippen molar-refractivity contribution in [3.8, 4) is 0 Å². The van der Waals surface area contributed by atoms with E-state index in [1.807, 2.05) is 6.92 Å². The van der Waals surface area contributed by atoms with Crippen LogP contribution in [0, 0.1) is 0 Å². The van der Waals surface area contributed by atoms with Gasteiger partial charge in [0.1, 0.15) is 11.6 Å². The minimum absolute atomic E-state index is 0.00385. The van der Waals surface area contributed by atoms with Crippen LogP contribution < -0.4 is 16.6 Å². The molecule has 1 aromatic rings. The lowest BCUT2D eigenvalue weighted by Crippen LogP contribution is -2.33. The Labute approximate surface area is 115 Å². The third kappa shape index (κ3) is 4.86. The van der Waals surface area contributed by atoms with Gasteiger partial charge in [0.15, 0.2) is 0 Å². The number of hydrazine groups is 1. The molecule has 0 aliphatic rings. The Bertz CT molecular complexity index is 449. The van der Waals surface area contributed by atoms with Gasteiger partial charge in [-0.2, -0.15) is 13.2 Å². The average molecular weight is 292 g/mol. The largest absolute Gasteiger partial charge is 0.416 e. The quantitative estimate of drug-likeness (QED) is 0.478. The van der Waals surface area contributed by atoms with Gasteiger partial charge in [-0.25, -0.2) is 10.8 Å². The lowest BCUT2D eigenvalue weighted by atomic mass is 10.0. The number of nitrogens with two attached hydrogens (primary N) is 1. The van der Waals surface area contributed by atoms with Gasteiger partial charge in [0.05, 0.1) is 11.2 Å². The Morgan fingerprint density at radius 2 is 1.90 bits per heavy atom. The minimum atomic E-state index is -4.49. The Morgan fingerprint density at radius 1 is 1.30 bits per heavy atom. The molecule has 20 heavy (non-hydrogen) atoms. The van der Waals surface area contributed by atoms with Gasteiger partial charge < -0.3 is 15.8 Å². The van der Waals surface area contributed by atoms with Gasteiger partial charge in [0.2, 0.25) is 0 Å². The SMILES string of the molecule is CCCC(C)(O)CNc1cc(C(F)(F)F)cc(NN)n1. The van der Waals surface area contributed by atoms with Gasteiger partial charge >= 0.3 is 6.18 Å². The second kappa shape index (κ2) is 6.27. The van der Waals surface area contributed by atoms with Gasteiger partial charge in [-0.3, -0.25) is 0 Å². The Balaban J connectivity index is 2.90. The van der Waals surface area contributed by atoms with E-state index in [1.54, 1.807) is 6.92 Å². The summed E-state index contributed by atoms with van der Waals surface area (Å²) in [5, 5.41) is 12.7. The fraction of sp³-hybridized carbons (Fsp3) is 0.583. The maximum atomic E-state index is 12.7. The predicted molar refractivity (Wildman–Crippen MR) is 71.1 cm³/mol. The van der Waals surface area contributed by atoms with Crippen LogP contribution in [0.15, 0.2) is 12.1 Å². The first kappa shape index (κ1) is 16.5. The van der Waals surface area contributed by atoms with Crippen molar-refractivity contribution in [1.82, 2.24) is 4.98 Å². The smallest absolute Gasteiger partial charge is 0.388 e. The zero-order valence-electron chi connectivity index (χ0n) is 11.4. The topological polar surface area (TPSA) is 83.2 Å². The summed E-state index contributed by atoms with van der Waals surface area (Å²) in [5.41, 5.74) is 0.213. The molecule has 0 saturated heterocycles. The molecule has 0 aromatic carbocycles. The lowest BCUT2D eigenvalue weighted by Gasteiger charge is -2.23. The van der Waals surface area contributed by atoms with Gasteiger partial charge in [-0.05, 0) is 25.5 Å². The van der Waals surface area contributed by atoms with Crippen LogP contribution in [0.1, 0.15) is 32.3 Å². The summed E-state index contributed by atoms with van der Waals surface area (Å²) in [4.78, 5) is 3.87. The first-order chi connectivity index (χ1) is 9.18. The number of rotatable bonds is 6. The van der Waals surface area contributed by atoms with Crippen LogP contribution in [0.3, 0.4) is 0 Å². The molecule has 0 radical (unpaired) electrons. The van der Waals surface area contributed by atoms with Crippen molar-refractivity contribution < 1.29 is 18.3 Å². The number of nitrogen functional groups attached to an aromatic ring is 1. The molecule has 0 bridgehead atoms. The van der Waals surface area contributed by atoms with E-state index in [-0.39, 0.29) is 18.2 Å². The molecule has 5 N–H and O–H groups in total. The predicted octanol–water partition coefficient (Wildman–Crippen LogP) is 2.35. The summed E-state index contributed by atoms with van der Waals surface area (Å²) < 4.78 is 38.1. The molecule has 1 unspecified atom stereocenters. The highest BCUT2D eigenvalue weighted by atomic mass is 19.4. The zero-order valence-corrected chi connectivity index (χ0v) is 11.4.